The van der Waals surface area contributed by atoms with E-state index >= 15 is 4.39 Å². The van der Waals surface area contributed by atoms with Gasteiger partial charge in [-0.25, -0.2) is 9.18 Å². The molecule has 0 radical (unpaired) electrons. The third-order valence-electron chi connectivity index (χ3n) is 11.5. The van der Waals surface area contributed by atoms with Crippen LogP contribution in [0.1, 0.15) is 62.3 Å². The second kappa shape index (κ2) is 12.3. The number of aryl methyl sites for hydroxylation is 1. The van der Waals surface area contributed by atoms with Crippen LogP contribution in [0.5, 0.6) is 11.8 Å². The number of urea groups is 1. The molecule has 260 valence electrons. The number of aromatic nitrogens is 2. The number of hydrogen-bond donors (Lipinski definition) is 3. The number of methoxy groups -OCH3 is 1. The molecule has 3 aromatic rings. The average molecular weight is 674 g/mol. The molecule has 1 aromatic heterocycles. The summed E-state index contributed by atoms with van der Waals surface area (Å²) in [6, 6.07) is 6.76. The highest BCUT2D eigenvalue weighted by molar-refractivity contribution is 6.07. The fourth-order valence-corrected chi connectivity index (χ4v) is 9.22. The van der Waals surface area contributed by atoms with Crippen molar-refractivity contribution in [3.05, 3.63) is 46.9 Å². The fraction of sp³-hybridized carbons (Fsp3) is 0.556. The summed E-state index contributed by atoms with van der Waals surface area (Å²) >= 11 is 0. The Morgan fingerprint density at radius 3 is 2.73 bits per heavy atom. The van der Waals surface area contributed by atoms with Gasteiger partial charge in [0.1, 0.15) is 29.5 Å². The number of phenolic OH excluding ortho intramolecular Hbond substituents is 1. The molecule has 8 rings (SSSR count). The summed E-state index contributed by atoms with van der Waals surface area (Å²) in [5, 5.41) is 17.6. The van der Waals surface area contributed by atoms with Crippen LogP contribution < -0.4 is 25.2 Å². The fourth-order valence-electron chi connectivity index (χ4n) is 9.22. The number of imide groups is 1. The number of aromatic hydroxyl groups is 1. The predicted octanol–water partition coefficient (Wildman–Crippen LogP) is 3.80. The lowest BCUT2D eigenvalue weighted by atomic mass is 9.88. The van der Waals surface area contributed by atoms with Gasteiger partial charge in [-0.15, -0.1) is 0 Å². The molecule has 5 aliphatic rings. The Morgan fingerprint density at radius 2 is 1.94 bits per heavy atom. The number of phenols is 1. The minimum Gasteiger partial charge on any atom is -0.508 e. The monoisotopic (exact) mass is 673 g/mol. The van der Waals surface area contributed by atoms with Crippen molar-refractivity contribution in [1.29, 1.82) is 0 Å². The van der Waals surface area contributed by atoms with Crippen molar-refractivity contribution in [3.63, 3.8) is 0 Å². The number of nitrogens with zero attached hydrogens (tertiary/aromatic N) is 5. The van der Waals surface area contributed by atoms with Crippen LogP contribution in [-0.4, -0.2) is 95.5 Å². The first-order valence-electron chi connectivity index (χ1n) is 17.6. The molecule has 3 atom stereocenters. The number of ether oxygens (including phenoxy) is 2. The lowest BCUT2D eigenvalue weighted by molar-refractivity contribution is -0.124. The Morgan fingerprint density at radius 1 is 1.08 bits per heavy atom. The van der Waals surface area contributed by atoms with Crippen molar-refractivity contribution < 1.29 is 28.6 Å². The number of fused-ring (bicyclic) bond motifs is 3. The third-order valence-corrected chi connectivity index (χ3v) is 11.5. The molecule has 2 aromatic carbocycles. The highest BCUT2D eigenvalue weighted by Gasteiger charge is 2.51. The van der Waals surface area contributed by atoms with Crippen molar-refractivity contribution in [2.24, 2.45) is 0 Å². The molecule has 12 nitrogen and oxygen atoms in total. The van der Waals surface area contributed by atoms with Gasteiger partial charge in [0.2, 0.25) is 0 Å². The summed E-state index contributed by atoms with van der Waals surface area (Å²) in [4.78, 5) is 42.0. The van der Waals surface area contributed by atoms with E-state index in [0.29, 0.717) is 76.7 Å². The first-order valence-corrected chi connectivity index (χ1v) is 17.6. The SMILES string of the molecule is CCc1c(F)ccc2cc(O)cc(N3CCc4c(nc(OC[C@@]56CCCN5[C@H](COC)CC6)nc4N4CCCC5(C4)NC(=O)NC5=O)C3)c12. The summed E-state index contributed by atoms with van der Waals surface area (Å²) in [7, 11) is 1.75. The zero-order valence-electron chi connectivity index (χ0n) is 28.2. The second-order valence-electron chi connectivity index (χ2n) is 14.3. The van der Waals surface area contributed by atoms with Crippen molar-refractivity contribution in [3.8, 4) is 11.8 Å². The van der Waals surface area contributed by atoms with Crippen molar-refractivity contribution >= 4 is 34.2 Å². The van der Waals surface area contributed by atoms with Gasteiger partial charge in [0.05, 0.1) is 30.9 Å². The number of anilines is 2. The minimum absolute atomic E-state index is 0.0861. The second-order valence-corrected chi connectivity index (χ2v) is 14.3. The molecule has 0 saturated carbocycles. The van der Waals surface area contributed by atoms with Gasteiger partial charge in [-0.1, -0.05) is 13.0 Å². The third kappa shape index (κ3) is 5.41. The van der Waals surface area contributed by atoms with Crippen molar-refractivity contribution in [1.82, 2.24) is 25.5 Å². The molecule has 3 amide bonds. The molecule has 1 spiro atoms. The topological polar surface area (TPSA) is 132 Å². The summed E-state index contributed by atoms with van der Waals surface area (Å²) < 4.78 is 27.2. The largest absolute Gasteiger partial charge is 0.508 e. The Kier molecular flexibility index (Phi) is 8.02. The van der Waals surface area contributed by atoms with E-state index in [0.717, 1.165) is 65.8 Å². The maximum Gasteiger partial charge on any atom is 0.322 e. The van der Waals surface area contributed by atoms with Gasteiger partial charge in [0.25, 0.3) is 5.91 Å². The van der Waals surface area contributed by atoms with E-state index in [1.165, 1.54) is 6.07 Å². The van der Waals surface area contributed by atoms with E-state index < -0.39 is 11.6 Å². The van der Waals surface area contributed by atoms with Crippen LogP contribution in [0.25, 0.3) is 10.8 Å². The number of amides is 3. The smallest absolute Gasteiger partial charge is 0.322 e. The number of nitrogens with one attached hydrogen (secondary N) is 2. The molecule has 49 heavy (non-hydrogen) atoms. The maximum atomic E-state index is 15.1. The van der Waals surface area contributed by atoms with Crippen LogP contribution in [0.15, 0.2) is 24.3 Å². The van der Waals surface area contributed by atoms with Crippen LogP contribution in [0.3, 0.4) is 0 Å². The van der Waals surface area contributed by atoms with E-state index in [-0.39, 0.29) is 29.0 Å². The molecule has 4 saturated heterocycles. The molecule has 0 aliphatic carbocycles. The quantitative estimate of drug-likeness (QED) is 0.304. The molecule has 5 aliphatic heterocycles. The van der Waals surface area contributed by atoms with Gasteiger partial charge in [0, 0.05) is 48.9 Å². The average Bonchev–Trinajstić information content (AvgIpc) is 3.74. The van der Waals surface area contributed by atoms with Gasteiger partial charge in [-0.3, -0.25) is 15.0 Å². The Hall–Kier alpha value is -4.23. The van der Waals surface area contributed by atoms with Crippen LogP contribution in [-0.2, 0) is 28.9 Å². The summed E-state index contributed by atoms with van der Waals surface area (Å²) in [5.41, 5.74) is 2.04. The summed E-state index contributed by atoms with van der Waals surface area (Å²) in [6.45, 7) is 6.09. The number of piperidine rings is 1. The van der Waals surface area contributed by atoms with Crippen molar-refractivity contribution in [2.45, 2.75) is 82.0 Å². The number of carbonyl (C=O) groups is 2. The molecular formula is C36H44FN7O5. The maximum absolute atomic E-state index is 15.1. The van der Waals surface area contributed by atoms with E-state index in [9.17, 15) is 14.7 Å². The molecule has 0 bridgehead atoms. The number of rotatable bonds is 8. The van der Waals surface area contributed by atoms with E-state index in [1.54, 1.807) is 25.3 Å². The number of benzene rings is 2. The zero-order valence-corrected chi connectivity index (χ0v) is 28.2. The molecule has 4 fully saturated rings. The number of hydrogen-bond acceptors (Lipinski definition) is 10. The Balaban J connectivity index is 1.16. The zero-order chi connectivity index (χ0) is 33.9. The van der Waals surface area contributed by atoms with Crippen molar-refractivity contribution in [2.75, 3.05) is 56.3 Å². The first-order chi connectivity index (χ1) is 23.7. The Bertz CT molecular complexity index is 1820. The molecule has 3 N–H and O–H groups in total. The highest BCUT2D eigenvalue weighted by Crippen LogP contribution is 2.44. The van der Waals surface area contributed by atoms with Gasteiger partial charge in [-0.05, 0) is 81.0 Å². The highest BCUT2D eigenvalue weighted by atomic mass is 19.1. The Labute approximate surface area is 284 Å². The molecule has 1 unspecified atom stereocenters. The lowest BCUT2D eigenvalue weighted by Gasteiger charge is -2.40. The van der Waals surface area contributed by atoms with E-state index in [2.05, 4.69) is 25.3 Å². The summed E-state index contributed by atoms with van der Waals surface area (Å²) in [6.07, 6.45) is 6.60. The minimum atomic E-state index is -1.01. The van der Waals surface area contributed by atoms with Gasteiger partial charge in [-0.2, -0.15) is 9.97 Å². The van der Waals surface area contributed by atoms with Gasteiger partial charge >= 0.3 is 12.0 Å². The van der Waals surface area contributed by atoms with Crippen LogP contribution in [0.2, 0.25) is 0 Å². The molecular weight excluding hydrogens is 629 g/mol. The predicted molar refractivity (Wildman–Crippen MR) is 182 cm³/mol. The molecule has 6 heterocycles. The van der Waals surface area contributed by atoms with E-state index in [4.69, 9.17) is 19.4 Å². The standard InChI is InChI=1S/C36H44FN7O5/c1-3-25-27(37)7-6-22-16-24(45)17-29(30(22)25)42-15-9-26-28(18-42)38-34(49-21-35-10-4-14-44(35)23(8-12-35)19-48-2)39-31(26)43-13-5-11-36(20-43)32(46)40-33(47)41-36/h6-7,16-17,23,45H,3-5,8-15,18-21H2,1-2H3,(H2,40,41,46,47)/t23-,35-,36?/m0/s1. The van der Waals surface area contributed by atoms with Crippen LogP contribution >= 0.6 is 0 Å². The first kappa shape index (κ1) is 32.0. The summed E-state index contributed by atoms with van der Waals surface area (Å²) in [5.74, 6) is 0.267. The lowest BCUT2D eigenvalue weighted by Crippen LogP contribution is -2.59. The van der Waals surface area contributed by atoms with E-state index in [1.807, 2.05) is 6.92 Å². The number of halogens is 1. The van der Waals surface area contributed by atoms with Crippen LogP contribution in [0.4, 0.5) is 20.7 Å². The normalized spacial score (nSPS) is 26.7. The van der Waals surface area contributed by atoms with Gasteiger partial charge in [0.15, 0.2) is 0 Å². The van der Waals surface area contributed by atoms with Gasteiger partial charge < -0.3 is 29.7 Å². The number of carbonyl (C=O) groups excluding carboxylic acids is 2. The van der Waals surface area contributed by atoms with Crippen LogP contribution in [0, 0.1) is 5.82 Å². The molecule has 13 heteroatoms.